The van der Waals surface area contributed by atoms with Crippen molar-refractivity contribution in [2.24, 2.45) is 0 Å². The summed E-state index contributed by atoms with van der Waals surface area (Å²) in [5.41, 5.74) is 1.07. The van der Waals surface area contributed by atoms with Crippen LogP contribution >= 0.6 is 0 Å². The van der Waals surface area contributed by atoms with E-state index in [2.05, 4.69) is 11.4 Å². The van der Waals surface area contributed by atoms with Crippen LogP contribution in [0.1, 0.15) is 5.56 Å². The Balaban J connectivity index is 2.83. The summed E-state index contributed by atoms with van der Waals surface area (Å²) < 4.78 is 5.13. The van der Waals surface area contributed by atoms with Crippen LogP contribution in [-0.2, 0) is 6.54 Å². The molecule has 1 N–H and O–H groups in total. The molecule has 1 aromatic rings. The third-order valence-corrected chi connectivity index (χ3v) is 1.47. The Labute approximate surface area is 67.2 Å². The van der Waals surface area contributed by atoms with Crippen LogP contribution in [0.2, 0.25) is 0 Å². The number of nitrogens with one attached hydrogen (secondary N) is 1. The van der Waals surface area contributed by atoms with Gasteiger partial charge in [0.15, 0.2) is 0 Å². The summed E-state index contributed by atoms with van der Waals surface area (Å²) in [5.74, 6) is 0.891. The van der Waals surface area contributed by atoms with Gasteiger partial charge in [0, 0.05) is 12.1 Å². The van der Waals surface area contributed by atoms with Crippen LogP contribution in [-0.4, -0.2) is 14.2 Å². The summed E-state index contributed by atoms with van der Waals surface area (Å²) in [4.78, 5) is 0. The molecule has 2 heteroatoms. The van der Waals surface area contributed by atoms with Crippen LogP contribution in [0, 0.1) is 6.07 Å². The SMILES string of the molecule is CNCc1[c]cccc1OC. The average molecular weight is 150 g/mol. The van der Waals surface area contributed by atoms with E-state index in [0.29, 0.717) is 0 Å². The van der Waals surface area contributed by atoms with Crippen LogP contribution in [0.15, 0.2) is 18.2 Å². The van der Waals surface area contributed by atoms with E-state index in [1.807, 2.05) is 25.2 Å². The van der Waals surface area contributed by atoms with Gasteiger partial charge in [0.1, 0.15) is 5.75 Å². The lowest BCUT2D eigenvalue weighted by atomic mass is 10.2. The van der Waals surface area contributed by atoms with Crippen molar-refractivity contribution < 1.29 is 4.74 Å². The highest BCUT2D eigenvalue weighted by Gasteiger charge is 1.98. The summed E-state index contributed by atoms with van der Waals surface area (Å²) in [5, 5.41) is 3.05. The molecule has 1 rings (SSSR count). The fraction of sp³-hybridized carbons (Fsp3) is 0.333. The van der Waals surface area contributed by atoms with E-state index in [-0.39, 0.29) is 0 Å². The molecule has 0 atom stereocenters. The van der Waals surface area contributed by atoms with Gasteiger partial charge >= 0.3 is 0 Å². The highest BCUT2D eigenvalue weighted by Crippen LogP contribution is 2.15. The molecule has 0 spiro atoms. The maximum absolute atomic E-state index is 5.13. The predicted octanol–water partition coefficient (Wildman–Crippen LogP) is 1.21. The molecule has 0 heterocycles. The Kier molecular flexibility index (Phi) is 2.93. The third-order valence-electron chi connectivity index (χ3n) is 1.47. The third kappa shape index (κ3) is 1.95. The van der Waals surface area contributed by atoms with Crippen molar-refractivity contribution in [1.29, 1.82) is 0 Å². The van der Waals surface area contributed by atoms with Crippen LogP contribution in [0.25, 0.3) is 0 Å². The number of hydrogen-bond acceptors (Lipinski definition) is 2. The van der Waals surface area contributed by atoms with E-state index in [1.54, 1.807) is 7.11 Å². The van der Waals surface area contributed by atoms with Gasteiger partial charge in [0.2, 0.25) is 0 Å². The first-order valence-electron chi connectivity index (χ1n) is 3.56. The molecule has 1 radical (unpaired) electrons. The summed E-state index contributed by atoms with van der Waals surface area (Å²) in [6.45, 7) is 0.796. The van der Waals surface area contributed by atoms with Crippen molar-refractivity contribution in [2.45, 2.75) is 6.54 Å². The quantitative estimate of drug-likeness (QED) is 0.699. The fourth-order valence-electron chi connectivity index (χ4n) is 0.962. The molecule has 2 nitrogen and oxygen atoms in total. The minimum atomic E-state index is 0.796. The second-order valence-electron chi connectivity index (χ2n) is 2.25. The van der Waals surface area contributed by atoms with Crippen molar-refractivity contribution in [2.75, 3.05) is 14.2 Å². The first-order chi connectivity index (χ1) is 5.38. The topological polar surface area (TPSA) is 21.3 Å². The van der Waals surface area contributed by atoms with Crippen molar-refractivity contribution in [1.82, 2.24) is 5.32 Å². The van der Waals surface area contributed by atoms with Gasteiger partial charge in [-0.3, -0.25) is 0 Å². The van der Waals surface area contributed by atoms with Crippen molar-refractivity contribution in [3.8, 4) is 5.75 Å². The molecule has 0 aliphatic carbocycles. The average Bonchev–Trinajstić information content (AvgIpc) is 2.06. The molecule has 11 heavy (non-hydrogen) atoms. The van der Waals surface area contributed by atoms with Gasteiger partial charge < -0.3 is 10.1 Å². The Morgan fingerprint density at radius 2 is 2.45 bits per heavy atom. The van der Waals surface area contributed by atoms with Crippen LogP contribution in [0.3, 0.4) is 0 Å². The summed E-state index contributed by atoms with van der Waals surface area (Å²) >= 11 is 0. The molecule has 0 saturated heterocycles. The van der Waals surface area contributed by atoms with Gasteiger partial charge in [-0.15, -0.1) is 0 Å². The maximum atomic E-state index is 5.13. The number of ether oxygens (including phenoxy) is 1. The zero-order chi connectivity index (χ0) is 8.10. The molecular formula is C9H12NO. The van der Waals surface area contributed by atoms with E-state index in [4.69, 9.17) is 4.74 Å². The molecule has 0 unspecified atom stereocenters. The van der Waals surface area contributed by atoms with Crippen molar-refractivity contribution >= 4 is 0 Å². The van der Waals surface area contributed by atoms with E-state index < -0.39 is 0 Å². The zero-order valence-electron chi connectivity index (χ0n) is 6.85. The molecule has 0 aliphatic rings. The zero-order valence-corrected chi connectivity index (χ0v) is 6.85. The second kappa shape index (κ2) is 3.98. The standard InChI is InChI=1S/C9H12NO/c1-10-7-8-5-3-4-6-9(8)11-2/h3-4,6,10H,7H2,1-2H3. The molecule has 0 bridgehead atoms. The van der Waals surface area contributed by atoms with E-state index in [1.165, 1.54) is 0 Å². The smallest absolute Gasteiger partial charge is 0.123 e. The van der Waals surface area contributed by atoms with Crippen molar-refractivity contribution in [3.05, 3.63) is 29.8 Å². The van der Waals surface area contributed by atoms with Gasteiger partial charge in [0.05, 0.1) is 7.11 Å². The van der Waals surface area contributed by atoms with Gasteiger partial charge in [-0.2, -0.15) is 0 Å². The Morgan fingerprint density at radius 1 is 1.64 bits per heavy atom. The normalized spacial score (nSPS) is 9.64. The van der Waals surface area contributed by atoms with E-state index >= 15 is 0 Å². The predicted molar refractivity (Wildman–Crippen MR) is 44.6 cm³/mol. The molecule has 1 aromatic carbocycles. The number of benzene rings is 1. The summed E-state index contributed by atoms with van der Waals surface area (Å²) in [6, 6.07) is 8.83. The highest BCUT2D eigenvalue weighted by molar-refractivity contribution is 5.31. The highest BCUT2D eigenvalue weighted by atomic mass is 16.5. The molecule has 0 saturated carbocycles. The minimum Gasteiger partial charge on any atom is -0.496 e. The number of rotatable bonds is 3. The first kappa shape index (κ1) is 8.08. The lowest BCUT2D eigenvalue weighted by Gasteiger charge is -2.05. The molecule has 0 fully saturated rings. The monoisotopic (exact) mass is 150 g/mol. The Morgan fingerprint density at radius 3 is 3.09 bits per heavy atom. The molecule has 59 valence electrons. The van der Waals surface area contributed by atoms with E-state index in [9.17, 15) is 0 Å². The largest absolute Gasteiger partial charge is 0.496 e. The molecule has 0 amide bonds. The van der Waals surface area contributed by atoms with Gasteiger partial charge in [0.25, 0.3) is 0 Å². The van der Waals surface area contributed by atoms with Crippen LogP contribution in [0.4, 0.5) is 0 Å². The number of methoxy groups -OCH3 is 1. The molecule has 0 aliphatic heterocycles. The maximum Gasteiger partial charge on any atom is 0.123 e. The second-order valence-corrected chi connectivity index (χ2v) is 2.25. The lowest BCUT2D eigenvalue weighted by Crippen LogP contribution is -2.06. The summed E-state index contributed by atoms with van der Waals surface area (Å²) in [6.07, 6.45) is 0. The van der Waals surface area contributed by atoms with E-state index in [0.717, 1.165) is 17.9 Å². The Hall–Kier alpha value is -1.02. The van der Waals surface area contributed by atoms with Crippen LogP contribution < -0.4 is 10.1 Å². The minimum absolute atomic E-state index is 0.796. The molecule has 0 aromatic heterocycles. The van der Waals surface area contributed by atoms with Gasteiger partial charge in [-0.25, -0.2) is 0 Å². The fourth-order valence-corrected chi connectivity index (χ4v) is 0.962. The van der Waals surface area contributed by atoms with Crippen molar-refractivity contribution in [3.63, 3.8) is 0 Å². The summed E-state index contributed by atoms with van der Waals surface area (Å²) in [7, 11) is 3.57. The number of hydrogen-bond donors (Lipinski definition) is 1. The first-order valence-corrected chi connectivity index (χ1v) is 3.56. The van der Waals surface area contributed by atoms with Crippen LogP contribution in [0.5, 0.6) is 5.75 Å². The lowest BCUT2D eigenvalue weighted by molar-refractivity contribution is 0.408. The van der Waals surface area contributed by atoms with Gasteiger partial charge in [-0.1, -0.05) is 12.1 Å². The molecular weight excluding hydrogens is 138 g/mol. The van der Waals surface area contributed by atoms with Gasteiger partial charge in [-0.05, 0) is 19.2 Å². The Bertz CT molecular complexity index is 223.